The van der Waals surface area contributed by atoms with Crippen molar-refractivity contribution in [3.63, 3.8) is 0 Å². The van der Waals surface area contributed by atoms with Gasteiger partial charge in [-0.3, -0.25) is 0 Å². The normalized spacial score (nSPS) is 12.6. The van der Waals surface area contributed by atoms with Crippen LogP contribution in [0.5, 0.6) is 0 Å². The number of benzene rings is 1. The van der Waals surface area contributed by atoms with E-state index in [0.29, 0.717) is 0 Å². The van der Waals surface area contributed by atoms with Gasteiger partial charge in [-0.05, 0) is 36.2 Å². The molecule has 0 radical (unpaired) electrons. The van der Waals surface area contributed by atoms with Gasteiger partial charge in [0.1, 0.15) is 5.82 Å². The van der Waals surface area contributed by atoms with E-state index in [9.17, 15) is 4.39 Å². The molecule has 90 valence electrons. The molecular weight excluding hydrogens is 215 g/mol. The standard InChI is InChI=1S/C14H17FN2/c1-11(13-3-5-14(15)6-4-13)16-9-12-7-8-17(2)10-12/h3-8,10-11,16H,9H2,1-2H3. The number of aryl methyl sites for hydroxylation is 1. The van der Waals surface area contributed by atoms with Crippen molar-refractivity contribution in [2.45, 2.75) is 19.5 Å². The first-order chi connectivity index (χ1) is 8.15. The third kappa shape index (κ3) is 3.17. The summed E-state index contributed by atoms with van der Waals surface area (Å²) in [6.07, 6.45) is 4.12. The van der Waals surface area contributed by atoms with Crippen LogP contribution in [-0.2, 0) is 13.6 Å². The Kier molecular flexibility index (Phi) is 3.59. The quantitative estimate of drug-likeness (QED) is 0.857. The van der Waals surface area contributed by atoms with E-state index in [2.05, 4.69) is 24.5 Å². The number of nitrogens with one attached hydrogen (secondary N) is 1. The molecular formula is C14H17FN2. The molecule has 1 aromatic carbocycles. The highest BCUT2D eigenvalue weighted by molar-refractivity contribution is 5.19. The third-order valence-electron chi connectivity index (χ3n) is 2.88. The van der Waals surface area contributed by atoms with Gasteiger partial charge in [0, 0.05) is 32.0 Å². The van der Waals surface area contributed by atoms with Crippen LogP contribution in [-0.4, -0.2) is 4.57 Å². The van der Waals surface area contributed by atoms with Crippen molar-refractivity contribution >= 4 is 0 Å². The van der Waals surface area contributed by atoms with Crippen LogP contribution in [0.3, 0.4) is 0 Å². The monoisotopic (exact) mass is 232 g/mol. The van der Waals surface area contributed by atoms with Gasteiger partial charge in [0.25, 0.3) is 0 Å². The van der Waals surface area contributed by atoms with Gasteiger partial charge in [0.2, 0.25) is 0 Å². The van der Waals surface area contributed by atoms with E-state index >= 15 is 0 Å². The Morgan fingerprint density at radius 1 is 1.24 bits per heavy atom. The largest absolute Gasteiger partial charge is 0.357 e. The zero-order chi connectivity index (χ0) is 12.3. The molecule has 1 heterocycles. The second-order valence-electron chi connectivity index (χ2n) is 4.34. The summed E-state index contributed by atoms with van der Waals surface area (Å²) >= 11 is 0. The van der Waals surface area contributed by atoms with Crippen molar-refractivity contribution in [1.82, 2.24) is 9.88 Å². The molecule has 2 nitrogen and oxygen atoms in total. The maximum Gasteiger partial charge on any atom is 0.123 e. The number of halogens is 1. The molecule has 2 aromatic rings. The highest BCUT2D eigenvalue weighted by Gasteiger charge is 2.05. The molecule has 0 aliphatic carbocycles. The molecule has 0 fully saturated rings. The lowest BCUT2D eigenvalue weighted by atomic mass is 10.1. The summed E-state index contributed by atoms with van der Waals surface area (Å²) in [5.41, 5.74) is 2.35. The van der Waals surface area contributed by atoms with Crippen LogP contribution < -0.4 is 5.32 Å². The molecule has 0 spiro atoms. The number of nitrogens with zero attached hydrogens (tertiary/aromatic N) is 1. The lowest BCUT2D eigenvalue weighted by Gasteiger charge is -2.13. The average molecular weight is 232 g/mol. The summed E-state index contributed by atoms with van der Waals surface area (Å²) in [6, 6.07) is 8.93. The summed E-state index contributed by atoms with van der Waals surface area (Å²) in [5.74, 6) is -0.191. The topological polar surface area (TPSA) is 17.0 Å². The van der Waals surface area contributed by atoms with Crippen molar-refractivity contribution in [2.75, 3.05) is 0 Å². The van der Waals surface area contributed by atoms with E-state index < -0.39 is 0 Å². The summed E-state index contributed by atoms with van der Waals surface area (Å²) in [4.78, 5) is 0. The van der Waals surface area contributed by atoms with Crippen molar-refractivity contribution in [2.24, 2.45) is 7.05 Å². The zero-order valence-corrected chi connectivity index (χ0v) is 10.2. The van der Waals surface area contributed by atoms with Gasteiger partial charge < -0.3 is 9.88 Å². The molecule has 0 saturated heterocycles. The van der Waals surface area contributed by atoms with Crippen LogP contribution in [0.15, 0.2) is 42.7 Å². The van der Waals surface area contributed by atoms with Crippen molar-refractivity contribution in [1.29, 1.82) is 0 Å². The fourth-order valence-corrected chi connectivity index (χ4v) is 1.81. The van der Waals surface area contributed by atoms with Gasteiger partial charge in [-0.1, -0.05) is 12.1 Å². The van der Waals surface area contributed by atoms with Gasteiger partial charge in [-0.2, -0.15) is 0 Å². The fourth-order valence-electron chi connectivity index (χ4n) is 1.81. The molecule has 0 amide bonds. The second kappa shape index (κ2) is 5.15. The molecule has 1 aromatic heterocycles. The molecule has 3 heteroatoms. The van der Waals surface area contributed by atoms with Crippen molar-refractivity contribution in [3.05, 3.63) is 59.7 Å². The Labute approximate surface area is 101 Å². The molecule has 0 aliphatic heterocycles. The van der Waals surface area contributed by atoms with E-state index in [1.54, 1.807) is 0 Å². The summed E-state index contributed by atoms with van der Waals surface area (Å²) in [7, 11) is 2.01. The summed E-state index contributed by atoms with van der Waals surface area (Å²) in [5, 5.41) is 3.41. The zero-order valence-electron chi connectivity index (χ0n) is 10.2. The molecule has 1 atom stereocenters. The smallest absolute Gasteiger partial charge is 0.123 e. The highest BCUT2D eigenvalue weighted by Crippen LogP contribution is 2.13. The molecule has 17 heavy (non-hydrogen) atoms. The first-order valence-electron chi connectivity index (χ1n) is 5.75. The Bertz CT molecular complexity index is 473. The van der Waals surface area contributed by atoms with Crippen molar-refractivity contribution in [3.8, 4) is 0 Å². The van der Waals surface area contributed by atoms with E-state index in [0.717, 1.165) is 12.1 Å². The van der Waals surface area contributed by atoms with E-state index in [1.165, 1.54) is 17.7 Å². The van der Waals surface area contributed by atoms with Crippen molar-refractivity contribution < 1.29 is 4.39 Å². The fraction of sp³-hybridized carbons (Fsp3) is 0.286. The first kappa shape index (κ1) is 11.9. The molecule has 2 rings (SSSR count). The first-order valence-corrected chi connectivity index (χ1v) is 5.75. The number of hydrogen-bond acceptors (Lipinski definition) is 1. The molecule has 0 saturated carbocycles. The van der Waals surface area contributed by atoms with Gasteiger partial charge in [0.15, 0.2) is 0 Å². The molecule has 1 N–H and O–H groups in total. The molecule has 0 aliphatic rings. The van der Waals surface area contributed by atoms with Crippen LogP contribution in [0, 0.1) is 5.82 Å². The maximum absolute atomic E-state index is 12.8. The SMILES string of the molecule is CC(NCc1ccn(C)c1)c1ccc(F)cc1. The van der Waals surface area contributed by atoms with Crippen LogP contribution in [0.4, 0.5) is 4.39 Å². The summed E-state index contributed by atoms with van der Waals surface area (Å²) < 4.78 is 14.8. The van der Waals surface area contributed by atoms with Crippen LogP contribution in [0.1, 0.15) is 24.1 Å². The Balaban J connectivity index is 1.93. The number of rotatable bonds is 4. The lowest BCUT2D eigenvalue weighted by molar-refractivity contribution is 0.571. The third-order valence-corrected chi connectivity index (χ3v) is 2.88. The minimum atomic E-state index is -0.191. The molecule has 1 unspecified atom stereocenters. The average Bonchev–Trinajstić information content (AvgIpc) is 2.73. The predicted molar refractivity (Wildman–Crippen MR) is 67.1 cm³/mol. The Hall–Kier alpha value is -1.61. The van der Waals surface area contributed by atoms with Gasteiger partial charge >= 0.3 is 0 Å². The Morgan fingerprint density at radius 2 is 1.94 bits per heavy atom. The van der Waals surface area contributed by atoms with Crippen LogP contribution in [0.25, 0.3) is 0 Å². The lowest BCUT2D eigenvalue weighted by Crippen LogP contribution is -2.17. The maximum atomic E-state index is 12.8. The predicted octanol–water partition coefficient (Wildman–Crippen LogP) is 3.02. The van der Waals surface area contributed by atoms with Crippen LogP contribution >= 0.6 is 0 Å². The number of hydrogen-bond donors (Lipinski definition) is 1. The minimum absolute atomic E-state index is 0.191. The van der Waals surface area contributed by atoms with Gasteiger partial charge in [-0.25, -0.2) is 4.39 Å². The van der Waals surface area contributed by atoms with E-state index in [-0.39, 0.29) is 11.9 Å². The summed E-state index contributed by atoms with van der Waals surface area (Å²) in [6.45, 7) is 2.90. The highest BCUT2D eigenvalue weighted by atomic mass is 19.1. The Morgan fingerprint density at radius 3 is 2.53 bits per heavy atom. The van der Waals surface area contributed by atoms with Gasteiger partial charge in [-0.15, -0.1) is 0 Å². The second-order valence-corrected chi connectivity index (χ2v) is 4.34. The number of aromatic nitrogens is 1. The van der Waals surface area contributed by atoms with E-state index in [1.807, 2.05) is 29.9 Å². The van der Waals surface area contributed by atoms with E-state index in [4.69, 9.17) is 0 Å². The van der Waals surface area contributed by atoms with Crippen LogP contribution in [0.2, 0.25) is 0 Å². The molecule has 0 bridgehead atoms. The van der Waals surface area contributed by atoms with Gasteiger partial charge in [0.05, 0.1) is 0 Å². The minimum Gasteiger partial charge on any atom is -0.357 e.